The number of halogens is 1. The normalized spacial score (nSPS) is 11.7. The first-order chi connectivity index (χ1) is 10.2. The number of sulfonamides is 1. The van der Waals surface area contributed by atoms with Crippen LogP contribution in [0.3, 0.4) is 0 Å². The molecule has 118 valence electrons. The minimum atomic E-state index is -3.56. The van der Waals surface area contributed by atoms with E-state index in [4.69, 9.17) is 11.6 Å². The number of rotatable bonds is 4. The minimum Gasteiger partial charge on any atom is -0.320 e. The van der Waals surface area contributed by atoms with Crippen molar-refractivity contribution in [3.8, 4) is 0 Å². The van der Waals surface area contributed by atoms with Gasteiger partial charge >= 0.3 is 0 Å². The number of hydrogen-bond donors (Lipinski definition) is 1. The summed E-state index contributed by atoms with van der Waals surface area (Å²) in [6, 6.07) is 8.25. The zero-order valence-electron chi connectivity index (χ0n) is 12.3. The van der Waals surface area contributed by atoms with Gasteiger partial charge in [-0.3, -0.25) is 4.79 Å². The van der Waals surface area contributed by atoms with Crippen LogP contribution in [0.15, 0.2) is 35.2 Å². The summed E-state index contributed by atoms with van der Waals surface area (Å²) in [6.07, 6.45) is 0. The number of carbonyl (C=O) groups is 1. The average Bonchev–Trinajstić information content (AvgIpc) is 2.84. The lowest BCUT2D eigenvalue weighted by Gasteiger charge is -2.10. The molecule has 0 aliphatic carbocycles. The molecular formula is C14H15ClN2O3S2. The van der Waals surface area contributed by atoms with Gasteiger partial charge in [0.15, 0.2) is 0 Å². The molecule has 2 rings (SSSR count). The standard InChI is InChI=1S/C14H15ClN2O3S2/c1-9-13(22(19,20)17(2)3)8-12(21-9)14(18)16-11-7-5-4-6-10(11)15/h4-8H,1-3H3,(H,16,18). The molecule has 0 radical (unpaired) electrons. The predicted molar refractivity (Wildman–Crippen MR) is 89.3 cm³/mol. The average molecular weight is 359 g/mol. The van der Waals surface area contributed by atoms with Crippen molar-refractivity contribution in [2.24, 2.45) is 0 Å². The molecule has 0 fully saturated rings. The lowest BCUT2D eigenvalue weighted by Crippen LogP contribution is -2.22. The number of benzene rings is 1. The molecule has 0 saturated carbocycles. The fraction of sp³-hybridized carbons (Fsp3) is 0.214. The molecule has 0 atom stereocenters. The molecule has 1 amide bonds. The van der Waals surface area contributed by atoms with Crippen LogP contribution in [0.1, 0.15) is 14.5 Å². The third-order valence-electron chi connectivity index (χ3n) is 2.98. The summed E-state index contributed by atoms with van der Waals surface area (Å²) in [4.78, 5) is 13.3. The smallest absolute Gasteiger partial charge is 0.265 e. The Labute approximate surface area is 138 Å². The van der Waals surface area contributed by atoms with Crippen LogP contribution in [0.2, 0.25) is 5.02 Å². The highest BCUT2D eigenvalue weighted by Crippen LogP contribution is 2.29. The maximum Gasteiger partial charge on any atom is 0.265 e. The highest BCUT2D eigenvalue weighted by molar-refractivity contribution is 7.89. The van der Waals surface area contributed by atoms with Gasteiger partial charge in [-0.15, -0.1) is 11.3 Å². The van der Waals surface area contributed by atoms with E-state index in [0.29, 0.717) is 20.5 Å². The van der Waals surface area contributed by atoms with Gasteiger partial charge in [-0.2, -0.15) is 0 Å². The molecule has 0 unspecified atom stereocenters. The van der Waals surface area contributed by atoms with Gasteiger partial charge in [0.25, 0.3) is 5.91 Å². The number of aryl methyl sites for hydroxylation is 1. The number of nitrogens with zero attached hydrogens (tertiary/aromatic N) is 1. The summed E-state index contributed by atoms with van der Waals surface area (Å²) in [5.74, 6) is -0.388. The van der Waals surface area contributed by atoms with E-state index in [9.17, 15) is 13.2 Å². The second-order valence-corrected chi connectivity index (χ2v) is 8.54. The Balaban J connectivity index is 2.32. The number of carbonyl (C=O) groups excluding carboxylic acids is 1. The quantitative estimate of drug-likeness (QED) is 0.912. The van der Waals surface area contributed by atoms with Crippen molar-refractivity contribution in [1.82, 2.24) is 4.31 Å². The van der Waals surface area contributed by atoms with E-state index in [1.807, 2.05) is 0 Å². The topological polar surface area (TPSA) is 66.5 Å². The van der Waals surface area contributed by atoms with E-state index in [0.717, 1.165) is 15.6 Å². The van der Waals surface area contributed by atoms with E-state index in [2.05, 4.69) is 5.32 Å². The number of para-hydroxylation sites is 1. The molecule has 8 heteroatoms. The maximum absolute atomic E-state index is 12.3. The molecule has 0 bridgehead atoms. The lowest BCUT2D eigenvalue weighted by molar-refractivity contribution is 0.103. The van der Waals surface area contributed by atoms with Crippen LogP contribution in [-0.2, 0) is 10.0 Å². The second-order valence-electron chi connectivity index (χ2n) is 4.75. The molecule has 1 aromatic heterocycles. The molecule has 5 nitrogen and oxygen atoms in total. The fourth-order valence-electron chi connectivity index (χ4n) is 1.78. The van der Waals surface area contributed by atoms with E-state index >= 15 is 0 Å². The van der Waals surface area contributed by atoms with Crippen LogP contribution >= 0.6 is 22.9 Å². The number of amides is 1. The zero-order valence-corrected chi connectivity index (χ0v) is 14.6. The van der Waals surface area contributed by atoms with Crippen LogP contribution in [0.4, 0.5) is 5.69 Å². The van der Waals surface area contributed by atoms with Gasteiger partial charge in [0.2, 0.25) is 10.0 Å². The molecule has 1 heterocycles. The summed E-state index contributed by atoms with van der Waals surface area (Å²) in [5.41, 5.74) is 0.484. The van der Waals surface area contributed by atoms with Crippen molar-refractivity contribution in [3.05, 3.63) is 45.1 Å². The first kappa shape index (κ1) is 17.0. The number of anilines is 1. The van der Waals surface area contributed by atoms with Crippen molar-refractivity contribution in [1.29, 1.82) is 0 Å². The number of hydrogen-bond acceptors (Lipinski definition) is 4. The van der Waals surface area contributed by atoms with Crippen molar-refractivity contribution >= 4 is 44.6 Å². The molecule has 0 aliphatic heterocycles. The zero-order chi connectivity index (χ0) is 16.5. The van der Waals surface area contributed by atoms with Crippen molar-refractivity contribution < 1.29 is 13.2 Å². The maximum atomic E-state index is 12.3. The van der Waals surface area contributed by atoms with E-state index in [1.54, 1.807) is 31.2 Å². The van der Waals surface area contributed by atoms with Crippen LogP contribution in [0.5, 0.6) is 0 Å². The van der Waals surface area contributed by atoms with Crippen LogP contribution in [-0.4, -0.2) is 32.7 Å². The first-order valence-electron chi connectivity index (χ1n) is 6.32. The Morgan fingerprint density at radius 1 is 1.27 bits per heavy atom. The van der Waals surface area contributed by atoms with Crippen molar-refractivity contribution in [2.45, 2.75) is 11.8 Å². The summed E-state index contributed by atoms with van der Waals surface area (Å²) < 4.78 is 25.5. The molecular weight excluding hydrogens is 344 g/mol. The Kier molecular flexibility index (Phi) is 4.91. The Bertz CT molecular complexity index is 813. The van der Waals surface area contributed by atoms with Crippen LogP contribution < -0.4 is 5.32 Å². The summed E-state index contributed by atoms with van der Waals surface area (Å²) in [7, 11) is -0.655. The monoisotopic (exact) mass is 358 g/mol. The van der Waals surface area contributed by atoms with E-state index < -0.39 is 10.0 Å². The third-order valence-corrected chi connectivity index (χ3v) is 6.43. The van der Waals surface area contributed by atoms with Gasteiger partial charge in [-0.05, 0) is 25.1 Å². The molecule has 22 heavy (non-hydrogen) atoms. The Morgan fingerprint density at radius 3 is 2.50 bits per heavy atom. The fourth-order valence-corrected chi connectivity index (χ4v) is 4.31. The first-order valence-corrected chi connectivity index (χ1v) is 8.96. The molecule has 0 spiro atoms. The van der Waals surface area contributed by atoms with Gasteiger partial charge in [0, 0.05) is 19.0 Å². The number of thiophene rings is 1. The molecule has 1 N–H and O–H groups in total. The van der Waals surface area contributed by atoms with Gasteiger partial charge in [0.1, 0.15) is 0 Å². The molecule has 2 aromatic rings. The van der Waals surface area contributed by atoms with E-state index in [1.165, 1.54) is 20.2 Å². The lowest BCUT2D eigenvalue weighted by atomic mass is 10.3. The van der Waals surface area contributed by atoms with E-state index in [-0.39, 0.29) is 10.8 Å². The van der Waals surface area contributed by atoms with Crippen LogP contribution in [0.25, 0.3) is 0 Å². The second kappa shape index (κ2) is 6.37. The van der Waals surface area contributed by atoms with Gasteiger partial charge in [-0.1, -0.05) is 23.7 Å². The Morgan fingerprint density at radius 2 is 1.91 bits per heavy atom. The largest absolute Gasteiger partial charge is 0.320 e. The molecule has 1 aromatic carbocycles. The summed E-state index contributed by atoms with van der Waals surface area (Å²) >= 11 is 7.12. The van der Waals surface area contributed by atoms with Crippen molar-refractivity contribution in [2.75, 3.05) is 19.4 Å². The van der Waals surface area contributed by atoms with Crippen molar-refractivity contribution in [3.63, 3.8) is 0 Å². The molecule has 0 saturated heterocycles. The van der Waals surface area contributed by atoms with Crippen LogP contribution in [0, 0.1) is 6.92 Å². The minimum absolute atomic E-state index is 0.145. The summed E-state index contributed by atoms with van der Waals surface area (Å²) in [5, 5.41) is 3.10. The van der Waals surface area contributed by atoms with Gasteiger partial charge in [-0.25, -0.2) is 12.7 Å². The highest BCUT2D eigenvalue weighted by Gasteiger charge is 2.24. The predicted octanol–water partition coefficient (Wildman–Crippen LogP) is 3.21. The van der Waals surface area contributed by atoms with Gasteiger partial charge in [0.05, 0.1) is 20.5 Å². The highest BCUT2D eigenvalue weighted by atomic mass is 35.5. The van der Waals surface area contributed by atoms with Gasteiger partial charge < -0.3 is 5.32 Å². The SMILES string of the molecule is Cc1sc(C(=O)Nc2ccccc2Cl)cc1S(=O)(=O)N(C)C. The Hall–Kier alpha value is -1.41. The number of nitrogens with one attached hydrogen (secondary N) is 1. The molecule has 0 aliphatic rings. The third kappa shape index (κ3) is 3.33. The summed E-state index contributed by atoms with van der Waals surface area (Å²) in [6.45, 7) is 1.67.